The lowest BCUT2D eigenvalue weighted by Gasteiger charge is -2.00. The molecule has 0 atom stereocenters. The SMILES string of the molecule is O=C(O)CCCCC(=O)OC(=O)/C=C/C(=O)OC(=O)CCC(=O)O. The molecule has 10 nitrogen and oxygen atoms in total. The van der Waals surface area contributed by atoms with Crippen molar-refractivity contribution in [2.75, 3.05) is 0 Å². The molecular weight excluding hydrogens is 328 g/mol. The average Bonchev–Trinajstić information content (AvgIpc) is 2.47. The Kier molecular flexibility index (Phi) is 10.1. The van der Waals surface area contributed by atoms with Crippen LogP contribution in [0.5, 0.6) is 0 Å². The second kappa shape index (κ2) is 11.5. The van der Waals surface area contributed by atoms with E-state index in [1.807, 2.05) is 0 Å². The van der Waals surface area contributed by atoms with E-state index in [1.54, 1.807) is 0 Å². The number of carboxylic acid groups (broad SMARTS) is 2. The third-order valence-corrected chi connectivity index (χ3v) is 2.35. The van der Waals surface area contributed by atoms with Gasteiger partial charge in [0.15, 0.2) is 0 Å². The van der Waals surface area contributed by atoms with Crippen LogP contribution in [0.15, 0.2) is 12.2 Å². The standard InChI is InChI=1S/C14H16O10/c15-9(16)3-1-2-4-11(19)23-13(21)7-8-14(22)24-12(20)6-5-10(17)18/h7-8H,1-6H2,(H,15,16)(H,17,18)/b8-7+. The van der Waals surface area contributed by atoms with Crippen LogP contribution in [0.3, 0.4) is 0 Å². The second-order valence-corrected chi connectivity index (χ2v) is 4.41. The van der Waals surface area contributed by atoms with Gasteiger partial charge >= 0.3 is 35.8 Å². The number of carbonyl (C=O) groups excluding carboxylic acids is 4. The summed E-state index contributed by atoms with van der Waals surface area (Å²) in [6.07, 6.45) is 0.318. The van der Waals surface area contributed by atoms with Crippen LogP contribution in [0, 0.1) is 0 Å². The number of carboxylic acids is 2. The molecule has 0 radical (unpaired) electrons. The van der Waals surface area contributed by atoms with E-state index in [-0.39, 0.29) is 25.7 Å². The van der Waals surface area contributed by atoms with Gasteiger partial charge in [0.1, 0.15) is 0 Å². The van der Waals surface area contributed by atoms with E-state index >= 15 is 0 Å². The van der Waals surface area contributed by atoms with Crippen LogP contribution in [0.2, 0.25) is 0 Å². The number of rotatable bonds is 10. The Labute approximate surface area is 136 Å². The fourth-order valence-electron chi connectivity index (χ4n) is 1.29. The smallest absolute Gasteiger partial charge is 0.338 e. The molecule has 0 aliphatic rings. The van der Waals surface area contributed by atoms with Crippen LogP contribution in [-0.4, -0.2) is 46.0 Å². The first kappa shape index (κ1) is 21.0. The quantitative estimate of drug-likeness (QED) is 0.242. The molecular formula is C14H16O10. The zero-order chi connectivity index (χ0) is 18.5. The maximum Gasteiger partial charge on any atom is 0.338 e. The highest BCUT2D eigenvalue weighted by molar-refractivity contribution is 5.99. The summed E-state index contributed by atoms with van der Waals surface area (Å²) in [6, 6.07) is 0. The molecule has 0 aliphatic heterocycles. The zero-order valence-electron chi connectivity index (χ0n) is 12.6. The molecule has 10 heteroatoms. The number of hydrogen-bond donors (Lipinski definition) is 2. The molecule has 0 aromatic rings. The van der Waals surface area contributed by atoms with Crippen molar-refractivity contribution in [1.82, 2.24) is 0 Å². The summed E-state index contributed by atoms with van der Waals surface area (Å²) in [5.41, 5.74) is 0. The summed E-state index contributed by atoms with van der Waals surface area (Å²) in [5, 5.41) is 16.7. The second-order valence-electron chi connectivity index (χ2n) is 4.41. The molecule has 0 saturated carbocycles. The van der Waals surface area contributed by atoms with Gasteiger partial charge in [-0.15, -0.1) is 0 Å². The molecule has 0 bridgehead atoms. The summed E-state index contributed by atoms with van der Waals surface area (Å²) in [4.78, 5) is 65.0. The predicted octanol–water partition coefficient (Wildman–Crippen LogP) is 0.192. The van der Waals surface area contributed by atoms with E-state index in [9.17, 15) is 28.8 Å². The molecule has 0 aromatic heterocycles. The van der Waals surface area contributed by atoms with Gasteiger partial charge < -0.3 is 19.7 Å². The Morgan fingerprint density at radius 3 is 1.50 bits per heavy atom. The van der Waals surface area contributed by atoms with Gasteiger partial charge in [-0.05, 0) is 12.8 Å². The summed E-state index contributed by atoms with van der Waals surface area (Å²) < 4.78 is 8.49. The van der Waals surface area contributed by atoms with Gasteiger partial charge in [0.25, 0.3) is 0 Å². The van der Waals surface area contributed by atoms with Crippen LogP contribution in [0.4, 0.5) is 0 Å². The molecule has 0 amide bonds. The first-order chi connectivity index (χ1) is 11.2. The molecule has 0 heterocycles. The molecule has 0 aliphatic carbocycles. The fourth-order valence-corrected chi connectivity index (χ4v) is 1.29. The van der Waals surface area contributed by atoms with E-state index in [1.165, 1.54) is 0 Å². The van der Waals surface area contributed by atoms with Crippen LogP contribution >= 0.6 is 0 Å². The van der Waals surface area contributed by atoms with Crippen molar-refractivity contribution in [3.63, 3.8) is 0 Å². The molecule has 0 unspecified atom stereocenters. The van der Waals surface area contributed by atoms with E-state index in [0.717, 1.165) is 0 Å². The summed E-state index contributed by atoms with van der Waals surface area (Å²) in [5.74, 6) is -6.57. The Balaban J connectivity index is 4.03. The van der Waals surface area contributed by atoms with Crippen molar-refractivity contribution in [2.45, 2.75) is 38.5 Å². The summed E-state index contributed by atoms with van der Waals surface area (Å²) in [6.45, 7) is 0. The maximum atomic E-state index is 11.2. The number of hydrogen-bond acceptors (Lipinski definition) is 8. The van der Waals surface area contributed by atoms with E-state index in [2.05, 4.69) is 9.47 Å². The van der Waals surface area contributed by atoms with E-state index in [0.29, 0.717) is 12.2 Å². The molecule has 0 fully saturated rings. The van der Waals surface area contributed by atoms with Crippen LogP contribution in [0.1, 0.15) is 38.5 Å². The predicted molar refractivity (Wildman–Crippen MR) is 74.3 cm³/mol. The highest BCUT2D eigenvalue weighted by atomic mass is 16.6. The number of ether oxygens (including phenoxy) is 2. The molecule has 0 spiro atoms. The van der Waals surface area contributed by atoms with Crippen LogP contribution in [0.25, 0.3) is 0 Å². The first-order valence-corrected chi connectivity index (χ1v) is 6.81. The highest BCUT2D eigenvalue weighted by Gasteiger charge is 2.12. The van der Waals surface area contributed by atoms with Crippen molar-refractivity contribution in [1.29, 1.82) is 0 Å². The minimum Gasteiger partial charge on any atom is -0.481 e. The zero-order valence-corrected chi connectivity index (χ0v) is 12.6. The van der Waals surface area contributed by atoms with E-state index < -0.39 is 48.7 Å². The topological polar surface area (TPSA) is 161 Å². The number of esters is 4. The third-order valence-electron chi connectivity index (χ3n) is 2.35. The third kappa shape index (κ3) is 12.7. The lowest BCUT2D eigenvalue weighted by molar-refractivity contribution is -0.159. The summed E-state index contributed by atoms with van der Waals surface area (Å²) >= 11 is 0. The van der Waals surface area contributed by atoms with Crippen molar-refractivity contribution >= 4 is 35.8 Å². The Morgan fingerprint density at radius 2 is 1.04 bits per heavy atom. The van der Waals surface area contributed by atoms with Crippen LogP contribution in [-0.2, 0) is 38.2 Å². The number of aliphatic carboxylic acids is 2. The molecule has 0 aromatic carbocycles. The Morgan fingerprint density at radius 1 is 0.625 bits per heavy atom. The normalized spacial score (nSPS) is 10.2. The maximum absolute atomic E-state index is 11.2. The highest BCUT2D eigenvalue weighted by Crippen LogP contribution is 2.02. The lowest BCUT2D eigenvalue weighted by atomic mass is 10.2. The van der Waals surface area contributed by atoms with Gasteiger partial charge in [-0.3, -0.25) is 19.2 Å². The van der Waals surface area contributed by atoms with Gasteiger partial charge in [-0.1, -0.05) is 0 Å². The van der Waals surface area contributed by atoms with Crippen molar-refractivity contribution < 1.29 is 48.5 Å². The number of unbranched alkanes of at least 4 members (excludes halogenated alkanes) is 1. The fraction of sp³-hybridized carbons (Fsp3) is 0.429. The molecule has 2 N–H and O–H groups in total. The van der Waals surface area contributed by atoms with Crippen LogP contribution < -0.4 is 0 Å². The monoisotopic (exact) mass is 344 g/mol. The Hall–Kier alpha value is -3.04. The molecule has 24 heavy (non-hydrogen) atoms. The minimum atomic E-state index is -1.24. The summed E-state index contributed by atoms with van der Waals surface area (Å²) in [7, 11) is 0. The number of carbonyl (C=O) groups is 6. The van der Waals surface area contributed by atoms with Gasteiger partial charge in [0, 0.05) is 25.0 Å². The lowest BCUT2D eigenvalue weighted by Crippen LogP contribution is -2.13. The average molecular weight is 344 g/mol. The van der Waals surface area contributed by atoms with Gasteiger partial charge in [-0.25, -0.2) is 9.59 Å². The first-order valence-electron chi connectivity index (χ1n) is 6.81. The largest absolute Gasteiger partial charge is 0.481 e. The molecule has 0 saturated heterocycles. The van der Waals surface area contributed by atoms with Crippen molar-refractivity contribution in [3.05, 3.63) is 12.2 Å². The minimum absolute atomic E-state index is 0.108. The van der Waals surface area contributed by atoms with Gasteiger partial charge in [0.2, 0.25) is 0 Å². The van der Waals surface area contributed by atoms with Crippen molar-refractivity contribution in [2.24, 2.45) is 0 Å². The molecule has 132 valence electrons. The molecule has 0 rings (SSSR count). The van der Waals surface area contributed by atoms with E-state index in [4.69, 9.17) is 10.2 Å². The van der Waals surface area contributed by atoms with Gasteiger partial charge in [0.05, 0.1) is 12.8 Å². The van der Waals surface area contributed by atoms with Gasteiger partial charge in [-0.2, -0.15) is 0 Å². The Bertz CT molecular complexity index is 546. The van der Waals surface area contributed by atoms with Crippen molar-refractivity contribution in [3.8, 4) is 0 Å².